The van der Waals surface area contributed by atoms with E-state index in [1.54, 1.807) is 0 Å². The molecule has 148 valence electrons. The number of imidazole rings is 1. The average Bonchev–Trinajstić information content (AvgIpc) is 3.20. The van der Waals surface area contributed by atoms with E-state index in [9.17, 15) is 0 Å². The van der Waals surface area contributed by atoms with Gasteiger partial charge in [-0.05, 0) is 12.8 Å². The molecule has 0 atom stereocenters. The van der Waals surface area contributed by atoms with Gasteiger partial charge in [0.2, 0.25) is 6.33 Å². The normalized spacial score (nSPS) is 11.2. The van der Waals surface area contributed by atoms with Gasteiger partial charge in [-0.15, -0.1) is 0 Å². The lowest BCUT2D eigenvalue weighted by Gasteiger charge is -2.14. The predicted octanol–water partition coefficient (Wildman–Crippen LogP) is 6.55. The van der Waals surface area contributed by atoms with Crippen molar-refractivity contribution in [1.29, 1.82) is 0 Å². The minimum Gasteiger partial charge on any atom is -0.237 e. The van der Waals surface area contributed by atoms with Gasteiger partial charge in [-0.25, -0.2) is 9.13 Å². The molecule has 0 aliphatic rings. The Bertz CT molecular complexity index is 737. The van der Waals surface area contributed by atoms with Crippen LogP contribution in [-0.4, -0.2) is 4.57 Å². The lowest BCUT2D eigenvalue weighted by Crippen LogP contribution is -2.31. The second-order valence-corrected chi connectivity index (χ2v) is 7.80. The first-order valence-electron chi connectivity index (χ1n) is 11.0. The van der Waals surface area contributed by atoms with Crippen LogP contribution in [0.5, 0.6) is 0 Å². The minimum absolute atomic E-state index is 0.224. The smallest absolute Gasteiger partial charge is 0.237 e. The maximum atomic E-state index is 2.34. The number of hydrogen-bond donors (Lipinski definition) is 0. The summed E-state index contributed by atoms with van der Waals surface area (Å²) in [5, 5.41) is 0. The Morgan fingerprint density at radius 2 is 1.25 bits per heavy atom. The fraction of sp³-hybridized carbons (Fsp3) is 0.423. The van der Waals surface area contributed by atoms with Gasteiger partial charge in [0.15, 0.2) is 6.04 Å². The SMILES string of the molecule is CCCCCCCCCC[n+]1ccn(C(c2ccccc2)c2ccccc2)c1. The standard InChI is InChI=1S/C26H35N2/c1-2-3-4-5-6-7-8-15-20-27-21-22-28(23-27)26(24-16-11-9-12-17-24)25-18-13-10-14-19-25/h9-14,16-19,21-23,26H,2-8,15,20H2,1H3/q+1. The fourth-order valence-corrected chi connectivity index (χ4v) is 3.93. The summed E-state index contributed by atoms with van der Waals surface area (Å²) in [6.45, 7) is 3.39. The van der Waals surface area contributed by atoms with Crippen molar-refractivity contribution in [2.24, 2.45) is 0 Å². The monoisotopic (exact) mass is 375 g/mol. The first-order valence-corrected chi connectivity index (χ1v) is 11.0. The quantitative estimate of drug-likeness (QED) is 0.250. The van der Waals surface area contributed by atoms with Gasteiger partial charge in [0.05, 0.1) is 6.54 Å². The highest BCUT2D eigenvalue weighted by molar-refractivity contribution is 5.32. The highest BCUT2D eigenvalue weighted by Crippen LogP contribution is 2.25. The van der Waals surface area contributed by atoms with Crippen molar-refractivity contribution in [2.75, 3.05) is 0 Å². The number of aromatic nitrogens is 2. The molecule has 1 heterocycles. The van der Waals surface area contributed by atoms with E-state index in [4.69, 9.17) is 0 Å². The van der Waals surface area contributed by atoms with Crippen LogP contribution in [0.2, 0.25) is 0 Å². The molecule has 0 aliphatic heterocycles. The fourth-order valence-electron chi connectivity index (χ4n) is 3.93. The molecule has 3 aromatic rings. The molecule has 2 nitrogen and oxygen atoms in total. The molecule has 0 aliphatic carbocycles. The molecule has 0 saturated heterocycles. The number of rotatable bonds is 12. The Balaban J connectivity index is 1.57. The first-order chi connectivity index (χ1) is 13.9. The van der Waals surface area contributed by atoms with E-state index in [0.29, 0.717) is 0 Å². The Hall–Kier alpha value is -2.35. The van der Waals surface area contributed by atoms with Gasteiger partial charge < -0.3 is 0 Å². The van der Waals surface area contributed by atoms with E-state index < -0.39 is 0 Å². The van der Waals surface area contributed by atoms with Gasteiger partial charge in [0, 0.05) is 11.1 Å². The van der Waals surface area contributed by atoms with Crippen LogP contribution in [0.1, 0.15) is 75.5 Å². The van der Waals surface area contributed by atoms with Gasteiger partial charge in [-0.1, -0.05) is 106 Å². The van der Waals surface area contributed by atoms with Crippen LogP contribution in [0.4, 0.5) is 0 Å². The third-order valence-corrected chi connectivity index (χ3v) is 5.51. The van der Waals surface area contributed by atoms with Gasteiger partial charge in [0.25, 0.3) is 0 Å². The van der Waals surface area contributed by atoms with Gasteiger partial charge in [-0.2, -0.15) is 0 Å². The molecular formula is C26H35N2+. The molecule has 2 heteroatoms. The molecule has 0 N–H and O–H groups in total. The van der Waals surface area contributed by atoms with Crippen LogP contribution < -0.4 is 4.57 Å². The lowest BCUT2D eigenvalue weighted by molar-refractivity contribution is -0.697. The van der Waals surface area contributed by atoms with E-state index >= 15 is 0 Å². The van der Waals surface area contributed by atoms with Crippen LogP contribution in [0.3, 0.4) is 0 Å². The Labute approximate surface area is 170 Å². The molecule has 2 aromatic carbocycles. The summed E-state index contributed by atoms with van der Waals surface area (Å²) in [4.78, 5) is 0. The van der Waals surface area contributed by atoms with Gasteiger partial charge in [-0.3, -0.25) is 0 Å². The molecule has 0 radical (unpaired) electrons. The lowest BCUT2D eigenvalue weighted by atomic mass is 9.99. The molecule has 0 amide bonds. The second-order valence-electron chi connectivity index (χ2n) is 7.80. The zero-order valence-electron chi connectivity index (χ0n) is 17.3. The summed E-state index contributed by atoms with van der Waals surface area (Å²) in [6, 6.07) is 21.8. The maximum Gasteiger partial charge on any atom is 0.244 e. The van der Waals surface area contributed by atoms with E-state index in [1.165, 1.54) is 62.5 Å². The Kier molecular flexibility index (Phi) is 8.36. The molecule has 3 rings (SSSR count). The summed E-state index contributed by atoms with van der Waals surface area (Å²) in [5.74, 6) is 0. The van der Waals surface area contributed by atoms with Gasteiger partial charge >= 0.3 is 0 Å². The van der Waals surface area contributed by atoms with Crippen molar-refractivity contribution in [1.82, 2.24) is 4.57 Å². The van der Waals surface area contributed by atoms with Crippen LogP contribution in [0, 0.1) is 0 Å². The molecule has 0 bridgehead atoms. The molecule has 1 aromatic heterocycles. The molecule has 0 unspecified atom stereocenters. The zero-order valence-corrected chi connectivity index (χ0v) is 17.3. The largest absolute Gasteiger partial charge is 0.244 e. The topological polar surface area (TPSA) is 8.81 Å². The molecular weight excluding hydrogens is 340 g/mol. The van der Waals surface area contributed by atoms with Crippen LogP contribution in [0.15, 0.2) is 79.4 Å². The molecule has 0 saturated carbocycles. The maximum absolute atomic E-state index is 2.34. The third-order valence-electron chi connectivity index (χ3n) is 5.51. The first kappa shape index (κ1) is 20.4. The molecule has 0 spiro atoms. The molecule has 28 heavy (non-hydrogen) atoms. The van der Waals surface area contributed by atoms with Crippen molar-refractivity contribution in [3.63, 3.8) is 0 Å². The van der Waals surface area contributed by atoms with Crippen molar-refractivity contribution in [3.05, 3.63) is 90.5 Å². The van der Waals surface area contributed by atoms with Crippen LogP contribution in [0.25, 0.3) is 0 Å². The number of benzene rings is 2. The zero-order chi connectivity index (χ0) is 19.4. The van der Waals surface area contributed by atoms with E-state index in [0.717, 1.165) is 6.54 Å². The van der Waals surface area contributed by atoms with Crippen molar-refractivity contribution in [2.45, 2.75) is 70.9 Å². The van der Waals surface area contributed by atoms with Gasteiger partial charge in [0.1, 0.15) is 12.4 Å². The summed E-state index contributed by atoms with van der Waals surface area (Å²) >= 11 is 0. The Morgan fingerprint density at radius 3 is 1.82 bits per heavy atom. The highest BCUT2D eigenvalue weighted by Gasteiger charge is 2.21. The van der Waals surface area contributed by atoms with E-state index in [2.05, 4.69) is 95.4 Å². The second kappa shape index (κ2) is 11.5. The number of unbranched alkanes of at least 4 members (excludes halogenated alkanes) is 7. The summed E-state index contributed by atoms with van der Waals surface area (Å²) in [5.41, 5.74) is 2.65. The third kappa shape index (κ3) is 6.09. The number of nitrogens with zero attached hydrogens (tertiary/aromatic N) is 2. The van der Waals surface area contributed by atoms with Crippen molar-refractivity contribution >= 4 is 0 Å². The van der Waals surface area contributed by atoms with Crippen molar-refractivity contribution < 1.29 is 4.57 Å². The summed E-state index contributed by atoms with van der Waals surface area (Å²) in [6.07, 6.45) is 17.6. The summed E-state index contributed by atoms with van der Waals surface area (Å²) < 4.78 is 4.69. The predicted molar refractivity (Wildman–Crippen MR) is 117 cm³/mol. The average molecular weight is 376 g/mol. The van der Waals surface area contributed by atoms with Crippen LogP contribution in [-0.2, 0) is 6.54 Å². The Morgan fingerprint density at radius 1 is 0.714 bits per heavy atom. The van der Waals surface area contributed by atoms with E-state index in [1.807, 2.05) is 0 Å². The van der Waals surface area contributed by atoms with Crippen LogP contribution >= 0.6 is 0 Å². The number of hydrogen-bond acceptors (Lipinski definition) is 0. The highest BCUT2D eigenvalue weighted by atomic mass is 15.1. The summed E-state index contributed by atoms with van der Waals surface area (Å²) in [7, 11) is 0. The van der Waals surface area contributed by atoms with Crippen molar-refractivity contribution in [3.8, 4) is 0 Å². The number of aryl methyl sites for hydroxylation is 1. The minimum atomic E-state index is 0.224. The molecule has 0 fully saturated rings. The van der Waals surface area contributed by atoms with E-state index in [-0.39, 0.29) is 6.04 Å².